The number of nitrogens with zero attached hydrogens (tertiary/aromatic N) is 1. The molecule has 1 N–H and O–H groups in total. The van der Waals surface area contributed by atoms with Crippen LogP contribution in [0.25, 0.3) is 0 Å². The number of rotatable bonds is 5. The molecule has 1 saturated carbocycles. The number of hydrogen-bond acceptors (Lipinski definition) is 3. The first-order valence-corrected chi connectivity index (χ1v) is 8.28. The minimum atomic E-state index is -3.45. The molecule has 6 heteroatoms. The Kier molecular flexibility index (Phi) is 4.77. The average Bonchev–Trinajstić information content (AvgIpc) is 2.48. The van der Waals surface area contributed by atoms with Crippen molar-refractivity contribution >= 4 is 22.1 Å². The van der Waals surface area contributed by atoms with Gasteiger partial charge in [0.05, 0.1) is 4.90 Å². The number of carbonyl (C=O) groups excluding carboxylic acids is 1. The Bertz CT molecular complexity index is 548. The minimum absolute atomic E-state index is 0.0986. The summed E-state index contributed by atoms with van der Waals surface area (Å²) in [5, 5.41) is 2.49. The van der Waals surface area contributed by atoms with Gasteiger partial charge in [-0.1, -0.05) is 19.3 Å². The molecule has 0 aliphatic heterocycles. The van der Waals surface area contributed by atoms with Crippen molar-refractivity contribution in [3.63, 3.8) is 0 Å². The third kappa shape index (κ3) is 3.19. The number of nitrogens with one attached hydrogen (secondary N) is 1. The molecular weight excluding hydrogens is 276 g/mol. The molecular formula is C14H20N2O3S. The van der Waals surface area contributed by atoms with Gasteiger partial charge in [-0.3, -0.25) is 4.79 Å². The summed E-state index contributed by atoms with van der Waals surface area (Å²) in [5.74, 6) is 0. The zero-order chi connectivity index (χ0) is 14.6. The zero-order valence-corrected chi connectivity index (χ0v) is 12.4. The lowest BCUT2D eigenvalue weighted by atomic mass is 9.96. The minimum Gasteiger partial charge on any atom is -0.329 e. The number of benzene rings is 1. The first kappa shape index (κ1) is 15.0. The Morgan fingerprint density at radius 2 is 1.75 bits per heavy atom. The number of hydrogen-bond donors (Lipinski definition) is 1. The maximum absolute atomic E-state index is 12.5. The van der Waals surface area contributed by atoms with Gasteiger partial charge in [0.1, 0.15) is 0 Å². The average molecular weight is 296 g/mol. The van der Waals surface area contributed by atoms with Gasteiger partial charge in [-0.05, 0) is 37.1 Å². The largest absolute Gasteiger partial charge is 0.329 e. The summed E-state index contributed by atoms with van der Waals surface area (Å²) in [6.45, 7) is 0. The van der Waals surface area contributed by atoms with E-state index in [4.69, 9.17) is 0 Å². The normalized spacial score (nSPS) is 17.1. The van der Waals surface area contributed by atoms with E-state index in [1.165, 1.54) is 22.9 Å². The molecule has 1 aromatic carbocycles. The van der Waals surface area contributed by atoms with Gasteiger partial charge in [-0.15, -0.1) is 0 Å². The Labute approximate surface area is 120 Å². The van der Waals surface area contributed by atoms with Crippen LogP contribution < -0.4 is 5.32 Å². The maximum atomic E-state index is 12.5. The van der Waals surface area contributed by atoms with Crippen molar-refractivity contribution in [2.75, 3.05) is 12.4 Å². The third-order valence-electron chi connectivity index (χ3n) is 3.85. The van der Waals surface area contributed by atoms with Crippen LogP contribution in [0.1, 0.15) is 32.1 Å². The number of carbonyl (C=O) groups is 1. The molecule has 20 heavy (non-hydrogen) atoms. The van der Waals surface area contributed by atoms with E-state index in [1.807, 2.05) is 0 Å². The molecule has 0 radical (unpaired) electrons. The lowest BCUT2D eigenvalue weighted by Crippen LogP contribution is -2.38. The second-order valence-electron chi connectivity index (χ2n) is 5.10. The molecule has 5 nitrogen and oxygen atoms in total. The Morgan fingerprint density at radius 1 is 1.15 bits per heavy atom. The van der Waals surface area contributed by atoms with Crippen LogP contribution >= 0.6 is 0 Å². The Balaban J connectivity index is 2.17. The molecule has 2 rings (SSSR count). The predicted octanol–water partition coefficient (Wildman–Crippen LogP) is 2.21. The lowest BCUT2D eigenvalue weighted by Gasteiger charge is -2.30. The van der Waals surface area contributed by atoms with Crippen LogP contribution in [-0.4, -0.2) is 32.2 Å². The first-order chi connectivity index (χ1) is 9.55. The summed E-state index contributed by atoms with van der Waals surface area (Å²) >= 11 is 0. The fourth-order valence-electron chi connectivity index (χ4n) is 2.60. The van der Waals surface area contributed by atoms with Gasteiger partial charge in [-0.25, -0.2) is 8.42 Å². The SMILES string of the molecule is CN(C1CCCCC1)S(=O)(=O)c1ccc(NC=O)cc1. The van der Waals surface area contributed by atoms with Gasteiger partial charge in [0.2, 0.25) is 16.4 Å². The summed E-state index contributed by atoms with van der Waals surface area (Å²) in [5.41, 5.74) is 0.583. The van der Waals surface area contributed by atoms with E-state index in [0.717, 1.165) is 25.7 Å². The van der Waals surface area contributed by atoms with E-state index in [9.17, 15) is 13.2 Å². The van der Waals surface area contributed by atoms with Crippen molar-refractivity contribution in [2.45, 2.75) is 43.0 Å². The molecule has 0 bridgehead atoms. The molecule has 0 saturated heterocycles. The van der Waals surface area contributed by atoms with Gasteiger partial charge in [-0.2, -0.15) is 4.31 Å². The van der Waals surface area contributed by atoms with Crippen molar-refractivity contribution < 1.29 is 13.2 Å². The fraction of sp³-hybridized carbons (Fsp3) is 0.500. The van der Waals surface area contributed by atoms with Crippen LogP contribution in [0.2, 0.25) is 0 Å². The summed E-state index contributed by atoms with van der Waals surface area (Å²) < 4.78 is 26.6. The van der Waals surface area contributed by atoms with E-state index < -0.39 is 10.0 Å². The highest BCUT2D eigenvalue weighted by Gasteiger charge is 2.28. The van der Waals surface area contributed by atoms with Gasteiger partial charge < -0.3 is 5.32 Å². The molecule has 0 aromatic heterocycles. The molecule has 0 unspecified atom stereocenters. The molecule has 1 fully saturated rings. The second-order valence-corrected chi connectivity index (χ2v) is 7.10. The van der Waals surface area contributed by atoms with Crippen LogP contribution in [0, 0.1) is 0 Å². The first-order valence-electron chi connectivity index (χ1n) is 6.84. The summed E-state index contributed by atoms with van der Waals surface area (Å²) in [6.07, 6.45) is 5.80. The quantitative estimate of drug-likeness (QED) is 0.847. The lowest BCUT2D eigenvalue weighted by molar-refractivity contribution is -0.105. The van der Waals surface area contributed by atoms with Crippen molar-refractivity contribution in [3.05, 3.63) is 24.3 Å². The van der Waals surface area contributed by atoms with Gasteiger partial charge in [0, 0.05) is 18.8 Å². The Hall–Kier alpha value is -1.40. The molecule has 1 aromatic rings. The fourth-order valence-corrected chi connectivity index (χ4v) is 4.01. The molecule has 1 aliphatic rings. The molecule has 0 heterocycles. The molecule has 0 spiro atoms. The van der Waals surface area contributed by atoms with E-state index in [1.54, 1.807) is 19.2 Å². The highest BCUT2D eigenvalue weighted by atomic mass is 32.2. The summed E-state index contributed by atoms with van der Waals surface area (Å²) in [4.78, 5) is 10.6. The van der Waals surface area contributed by atoms with Crippen LogP contribution in [0.3, 0.4) is 0 Å². The van der Waals surface area contributed by atoms with Gasteiger partial charge in [0.15, 0.2) is 0 Å². The number of amides is 1. The topological polar surface area (TPSA) is 66.5 Å². The Morgan fingerprint density at radius 3 is 2.30 bits per heavy atom. The number of sulfonamides is 1. The van der Waals surface area contributed by atoms with E-state index in [2.05, 4.69) is 5.32 Å². The van der Waals surface area contributed by atoms with Crippen LogP contribution in [0.4, 0.5) is 5.69 Å². The smallest absolute Gasteiger partial charge is 0.243 e. The van der Waals surface area contributed by atoms with E-state index in [-0.39, 0.29) is 10.9 Å². The van der Waals surface area contributed by atoms with Crippen LogP contribution in [0.5, 0.6) is 0 Å². The summed E-state index contributed by atoms with van der Waals surface area (Å²) in [7, 11) is -1.80. The van der Waals surface area contributed by atoms with Crippen molar-refractivity contribution in [1.82, 2.24) is 4.31 Å². The van der Waals surface area contributed by atoms with Crippen molar-refractivity contribution in [1.29, 1.82) is 0 Å². The predicted molar refractivity (Wildman–Crippen MR) is 78.0 cm³/mol. The second kappa shape index (κ2) is 6.37. The highest BCUT2D eigenvalue weighted by molar-refractivity contribution is 7.89. The van der Waals surface area contributed by atoms with Crippen LogP contribution in [0.15, 0.2) is 29.2 Å². The summed E-state index contributed by atoms with van der Waals surface area (Å²) in [6, 6.07) is 6.34. The van der Waals surface area contributed by atoms with E-state index in [0.29, 0.717) is 12.1 Å². The number of anilines is 1. The highest BCUT2D eigenvalue weighted by Crippen LogP contribution is 2.26. The van der Waals surface area contributed by atoms with Gasteiger partial charge >= 0.3 is 0 Å². The van der Waals surface area contributed by atoms with Crippen molar-refractivity contribution in [3.8, 4) is 0 Å². The molecule has 110 valence electrons. The van der Waals surface area contributed by atoms with Gasteiger partial charge in [0.25, 0.3) is 0 Å². The standard InChI is InChI=1S/C14H20N2O3S/c1-16(13-5-3-2-4-6-13)20(18,19)14-9-7-12(8-10-14)15-11-17/h7-11,13H,2-6H2,1H3,(H,15,17). The van der Waals surface area contributed by atoms with E-state index >= 15 is 0 Å². The monoisotopic (exact) mass is 296 g/mol. The molecule has 0 atom stereocenters. The maximum Gasteiger partial charge on any atom is 0.243 e. The zero-order valence-electron chi connectivity index (χ0n) is 11.6. The molecule has 1 aliphatic carbocycles. The van der Waals surface area contributed by atoms with Crippen LogP contribution in [-0.2, 0) is 14.8 Å². The molecule has 1 amide bonds. The third-order valence-corrected chi connectivity index (χ3v) is 5.77. The van der Waals surface area contributed by atoms with Crippen molar-refractivity contribution in [2.24, 2.45) is 0 Å².